The number of allylic oxidation sites excluding steroid dienone is 4. The molecule has 1 aromatic rings. The van der Waals surface area contributed by atoms with Gasteiger partial charge in [-0.3, -0.25) is 9.59 Å². The topological polar surface area (TPSA) is 74.6 Å². The van der Waals surface area contributed by atoms with Crippen molar-refractivity contribution >= 4 is 17.1 Å². The molecule has 2 fully saturated rings. The highest BCUT2D eigenvalue weighted by atomic mass is 16.3. The van der Waals surface area contributed by atoms with Gasteiger partial charge < -0.3 is 10.2 Å². The molecule has 1 aromatic carbocycles. The number of hydrogen-bond donors (Lipinski definition) is 2. The van der Waals surface area contributed by atoms with Gasteiger partial charge in [-0.1, -0.05) is 42.5 Å². The van der Waals surface area contributed by atoms with E-state index in [1.807, 2.05) is 6.08 Å². The van der Waals surface area contributed by atoms with Crippen molar-refractivity contribution in [1.82, 2.24) is 0 Å². The Morgan fingerprint density at radius 1 is 0.880 bits per heavy atom. The van der Waals surface area contributed by atoms with Crippen molar-refractivity contribution in [2.24, 2.45) is 17.8 Å². The lowest BCUT2D eigenvalue weighted by molar-refractivity contribution is -0.118. The second-order valence-electron chi connectivity index (χ2n) is 7.12. The van der Waals surface area contributed by atoms with Gasteiger partial charge in [0.15, 0.2) is 11.5 Å². The van der Waals surface area contributed by atoms with Crippen LogP contribution < -0.4 is 0 Å². The zero-order valence-electron chi connectivity index (χ0n) is 13.8. The molecular weight excluding hydrogens is 316 g/mol. The summed E-state index contributed by atoms with van der Waals surface area (Å²) in [5.74, 6) is -0.860. The van der Waals surface area contributed by atoms with Crippen LogP contribution in [0.25, 0.3) is 5.57 Å². The minimum absolute atomic E-state index is 0.103. The lowest BCUT2D eigenvalue weighted by Crippen LogP contribution is -2.22. The third kappa shape index (κ3) is 2.93. The number of Topliss-reactive ketones (excluding diaryl/α,β-unsaturated/α-hetero) is 2. The maximum atomic E-state index is 12.5. The molecule has 2 N–H and O–H groups in total. The van der Waals surface area contributed by atoms with Crippen LogP contribution in [0.4, 0.5) is 0 Å². The van der Waals surface area contributed by atoms with E-state index in [1.165, 1.54) is 31.8 Å². The highest BCUT2D eigenvalue weighted by Crippen LogP contribution is 2.50. The highest BCUT2D eigenvalue weighted by molar-refractivity contribution is 6.38. The van der Waals surface area contributed by atoms with E-state index in [-0.39, 0.29) is 11.1 Å². The van der Waals surface area contributed by atoms with Crippen molar-refractivity contribution < 1.29 is 19.8 Å². The molecule has 25 heavy (non-hydrogen) atoms. The third-order valence-corrected chi connectivity index (χ3v) is 5.27. The van der Waals surface area contributed by atoms with E-state index in [4.69, 9.17) is 0 Å². The van der Waals surface area contributed by atoms with Gasteiger partial charge in [-0.15, -0.1) is 0 Å². The number of rotatable bonds is 5. The lowest BCUT2D eigenvalue weighted by atomic mass is 9.88. The van der Waals surface area contributed by atoms with Crippen molar-refractivity contribution in [3.63, 3.8) is 0 Å². The number of ketones is 2. The minimum atomic E-state index is -0.711. The van der Waals surface area contributed by atoms with E-state index in [0.29, 0.717) is 23.3 Å². The van der Waals surface area contributed by atoms with Gasteiger partial charge in [-0.05, 0) is 49.0 Å². The predicted octanol–water partition coefficient (Wildman–Crippen LogP) is 3.91. The highest BCUT2D eigenvalue weighted by Gasteiger charge is 2.40. The van der Waals surface area contributed by atoms with Gasteiger partial charge in [0.05, 0.1) is 11.1 Å². The Bertz CT molecular complexity index is 809. The molecule has 0 bridgehead atoms. The summed E-state index contributed by atoms with van der Waals surface area (Å²) in [7, 11) is 0. The van der Waals surface area contributed by atoms with Crippen LogP contribution >= 0.6 is 0 Å². The summed E-state index contributed by atoms with van der Waals surface area (Å²) in [5, 5.41) is 20.6. The van der Waals surface area contributed by atoms with Gasteiger partial charge in [0.2, 0.25) is 11.6 Å². The summed E-state index contributed by atoms with van der Waals surface area (Å²) in [6.45, 7) is 0. The van der Waals surface area contributed by atoms with Crippen molar-refractivity contribution in [1.29, 1.82) is 0 Å². The maximum Gasteiger partial charge on any atom is 0.232 e. The smallest absolute Gasteiger partial charge is 0.232 e. The molecule has 0 saturated heterocycles. The minimum Gasteiger partial charge on any atom is -0.504 e. The SMILES string of the molecule is O=C1C(O)=C(c2ccccc2)C(=O)C(O)=C1/C=C/C(C1CC1)C1CC1. The van der Waals surface area contributed by atoms with Gasteiger partial charge in [0, 0.05) is 0 Å². The van der Waals surface area contributed by atoms with Gasteiger partial charge >= 0.3 is 0 Å². The molecule has 3 aliphatic carbocycles. The number of aliphatic hydroxyl groups excluding tert-OH is 2. The van der Waals surface area contributed by atoms with Crippen LogP contribution in [0.5, 0.6) is 0 Å². The molecule has 4 heteroatoms. The van der Waals surface area contributed by atoms with Crippen LogP contribution in [0.15, 0.2) is 59.6 Å². The van der Waals surface area contributed by atoms with Crippen LogP contribution in [0.2, 0.25) is 0 Å². The van der Waals surface area contributed by atoms with E-state index in [0.717, 1.165) is 0 Å². The predicted molar refractivity (Wildman–Crippen MR) is 93.7 cm³/mol. The summed E-state index contributed by atoms with van der Waals surface area (Å²) in [6.07, 6.45) is 8.29. The van der Waals surface area contributed by atoms with Gasteiger partial charge in [-0.2, -0.15) is 0 Å². The summed E-state index contributed by atoms with van der Waals surface area (Å²) < 4.78 is 0. The number of hydrogen-bond acceptors (Lipinski definition) is 4. The van der Waals surface area contributed by atoms with E-state index in [9.17, 15) is 19.8 Å². The number of aliphatic hydroxyl groups is 2. The first-order chi connectivity index (χ1) is 12.1. The molecule has 2 saturated carbocycles. The van der Waals surface area contributed by atoms with E-state index < -0.39 is 23.1 Å². The van der Waals surface area contributed by atoms with Crippen LogP contribution in [0, 0.1) is 17.8 Å². The molecule has 0 aromatic heterocycles. The first-order valence-electron chi connectivity index (χ1n) is 8.77. The molecule has 0 aliphatic heterocycles. The number of benzene rings is 1. The Balaban J connectivity index is 1.65. The average Bonchev–Trinajstić information content (AvgIpc) is 3.51. The summed E-state index contributed by atoms with van der Waals surface area (Å²) in [4.78, 5) is 25.0. The Morgan fingerprint density at radius 3 is 2.04 bits per heavy atom. The zero-order chi connectivity index (χ0) is 17.6. The lowest BCUT2D eigenvalue weighted by Gasteiger charge is -2.17. The van der Waals surface area contributed by atoms with Crippen LogP contribution in [0.3, 0.4) is 0 Å². The Morgan fingerprint density at radius 2 is 1.48 bits per heavy atom. The molecule has 0 unspecified atom stereocenters. The maximum absolute atomic E-state index is 12.5. The van der Waals surface area contributed by atoms with Crippen molar-refractivity contribution in [3.05, 3.63) is 65.1 Å². The van der Waals surface area contributed by atoms with E-state index >= 15 is 0 Å². The molecule has 0 atom stereocenters. The van der Waals surface area contributed by atoms with Crippen LogP contribution in [0.1, 0.15) is 31.2 Å². The third-order valence-electron chi connectivity index (χ3n) is 5.27. The molecular formula is C21H20O4. The summed E-state index contributed by atoms with van der Waals surface area (Å²) in [6, 6.07) is 8.44. The normalized spacial score (nSPS) is 21.8. The van der Waals surface area contributed by atoms with Gasteiger partial charge in [0.1, 0.15) is 0 Å². The Kier molecular flexibility index (Phi) is 3.83. The fourth-order valence-electron chi connectivity index (χ4n) is 3.59. The zero-order valence-corrected chi connectivity index (χ0v) is 13.8. The Hall–Kier alpha value is -2.62. The van der Waals surface area contributed by atoms with E-state index in [1.54, 1.807) is 30.3 Å². The second-order valence-corrected chi connectivity index (χ2v) is 7.12. The number of carbonyl (C=O) groups is 2. The van der Waals surface area contributed by atoms with Gasteiger partial charge in [-0.25, -0.2) is 0 Å². The first kappa shape index (κ1) is 15.9. The Labute approximate surface area is 146 Å². The van der Waals surface area contributed by atoms with E-state index in [2.05, 4.69) is 0 Å². The molecule has 0 spiro atoms. The first-order valence-corrected chi connectivity index (χ1v) is 8.77. The standard InChI is InChI=1S/C21H20O4/c22-18-16(11-10-15(12-6-7-12)13-8-9-13)19(23)21(25)17(20(18)24)14-4-2-1-3-5-14/h1-5,10-13,15,22,25H,6-9H2/b11-10+. The molecule has 3 aliphatic rings. The molecule has 4 rings (SSSR count). The quantitative estimate of drug-likeness (QED) is 0.800. The molecule has 0 heterocycles. The monoisotopic (exact) mass is 336 g/mol. The average molecular weight is 336 g/mol. The molecule has 0 amide bonds. The van der Waals surface area contributed by atoms with Crippen molar-refractivity contribution in [2.45, 2.75) is 25.7 Å². The van der Waals surface area contributed by atoms with Crippen molar-refractivity contribution in [3.8, 4) is 0 Å². The molecule has 128 valence electrons. The number of carbonyl (C=O) groups excluding carboxylic acids is 2. The van der Waals surface area contributed by atoms with Crippen LogP contribution in [-0.2, 0) is 9.59 Å². The van der Waals surface area contributed by atoms with Gasteiger partial charge in [0.25, 0.3) is 0 Å². The summed E-state index contributed by atoms with van der Waals surface area (Å²) in [5.41, 5.74) is 0.177. The molecule has 0 radical (unpaired) electrons. The van der Waals surface area contributed by atoms with Crippen molar-refractivity contribution in [2.75, 3.05) is 0 Å². The summed E-state index contributed by atoms with van der Waals surface area (Å²) >= 11 is 0. The fourth-order valence-corrected chi connectivity index (χ4v) is 3.59. The fraction of sp³-hybridized carbons (Fsp3) is 0.333. The second kappa shape index (κ2) is 6.03. The largest absolute Gasteiger partial charge is 0.504 e. The van der Waals surface area contributed by atoms with Crippen LogP contribution in [-0.4, -0.2) is 21.8 Å². The molecule has 4 nitrogen and oxygen atoms in total.